The highest BCUT2D eigenvalue weighted by atomic mass is 16.5. The fourth-order valence-corrected chi connectivity index (χ4v) is 3.25. The zero-order chi connectivity index (χ0) is 17.1. The number of hydrogen-bond donors (Lipinski definition) is 0. The van der Waals surface area contributed by atoms with Crippen LogP contribution in [0.4, 0.5) is 11.4 Å². The van der Waals surface area contributed by atoms with Gasteiger partial charge < -0.3 is 9.47 Å². The van der Waals surface area contributed by atoms with Crippen molar-refractivity contribution < 1.29 is 9.47 Å². The summed E-state index contributed by atoms with van der Waals surface area (Å²) in [6.45, 7) is 0. The van der Waals surface area contributed by atoms with Crippen LogP contribution in [-0.4, -0.2) is 19.0 Å². The number of hydrogen-bond acceptors (Lipinski definition) is 3. The average Bonchev–Trinajstić information content (AvgIpc) is 3.29. The van der Waals surface area contributed by atoms with Gasteiger partial charge in [0.15, 0.2) is 17.3 Å². The Morgan fingerprint density at radius 3 is 2.52 bits per heavy atom. The molecule has 1 heterocycles. The van der Waals surface area contributed by atoms with Gasteiger partial charge in [0.05, 0.1) is 24.6 Å². The van der Waals surface area contributed by atoms with E-state index < -0.39 is 0 Å². The lowest BCUT2D eigenvalue weighted by atomic mass is 10.1. The highest BCUT2D eigenvalue weighted by molar-refractivity contribution is 6.05. The number of para-hydroxylation sites is 2. The summed E-state index contributed by atoms with van der Waals surface area (Å²) in [6, 6.07) is 13.9. The standard InChI is InChI=1S/C21H21N2O2/c1-24-19-12-10-15(14-20(19)25-16-6-2-3-7-16)11-13-21-22-17-8-4-5-9-18(17)23-21/h4-5,8-14,16H,2-3,6-7H2,1H3. The third-order valence-electron chi connectivity index (χ3n) is 4.56. The van der Waals surface area contributed by atoms with Crippen molar-refractivity contribution in [3.63, 3.8) is 0 Å². The van der Waals surface area contributed by atoms with Gasteiger partial charge in [-0.15, -0.1) is 0 Å². The molecule has 1 saturated carbocycles. The van der Waals surface area contributed by atoms with Crippen LogP contribution >= 0.6 is 0 Å². The first-order valence-electron chi connectivity index (χ1n) is 8.74. The third-order valence-corrected chi connectivity index (χ3v) is 4.56. The average molecular weight is 333 g/mol. The monoisotopic (exact) mass is 333 g/mol. The topological polar surface area (TPSA) is 44.9 Å². The molecule has 2 aromatic carbocycles. The summed E-state index contributed by atoms with van der Waals surface area (Å²) in [6.07, 6.45) is 8.98. The Bertz CT molecular complexity index is 820. The Balaban J connectivity index is 1.51. The maximum atomic E-state index is 6.15. The minimum absolute atomic E-state index is 0.303. The molecule has 0 unspecified atom stereocenters. The van der Waals surface area contributed by atoms with E-state index in [9.17, 15) is 0 Å². The van der Waals surface area contributed by atoms with Crippen LogP contribution in [0.3, 0.4) is 0 Å². The quantitative estimate of drug-likeness (QED) is 0.772. The number of nitrogens with zero attached hydrogens (tertiary/aromatic N) is 2. The normalized spacial score (nSPS) is 16.6. The largest absolute Gasteiger partial charge is 0.493 e. The Morgan fingerprint density at radius 2 is 1.76 bits per heavy atom. The van der Waals surface area contributed by atoms with E-state index in [1.165, 1.54) is 12.8 Å². The molecular formula is C21H21N2O2. The van der Waals surface area contributed by atoms with E-state index in [2.05, 4.69) is 10.3 Å². The Hall–Kier alpha value is -2.75. The first-order chi connectivity index (χ1) is 12.3. The van der Waals surface area contributed by atoms with Crippen molar-refractivity contribution in [2.75, 3.05) is 7.11 Å². The zero-order valence-electron chi connectivity index (χ0n) is 14.3. The molecule has 0 N–H and O–H groups in total. The molecule has 2 aromatic rings. The lowest BCUT2D eigenvalue weighted by molar-refractivity contribution is 0.201. The van der Waals surface area contributed by atoms with Crippen LogP contribution in [-0.2, 0) is 0 Å². The highest BCUT2D eigenvalue weighted by Gasteiger charge is 2.18. The zero-order valence-corrected chi connectivity index (χ0v) is 14.3. The number of rotatable bonds is 5. The van der Waals surface area contributed by atoms with Crippen LogP contribution in [0.25, 0.3) is 6.08 Å². The van der Waals surface area contributed by atoms with Gasteiger partial charge in [-0.2, -0.15) is 0 Å². The molecule has 1 fully saturated rings. The van der Waals surface area contributed by atoms with E-state index in [4.69, 9.17) is 9.47 Å². The van der Waals surface area contributed by atoms with Crippen LogP contribution in [0, 0.1) is 0 Å². The molecule has 127 valence electrons. The molecule has 4 heteroatoms. The first-order valence-corrected chi connectivity index (χ1v) is 8.74. The lowest BCUT2D eigenvalue weighted by Gasteiger charge is -2.16. The van der Waals surface area contributed by atoms with E-state index in [0.29, 0.717) is 6.10 Å². The van der Waals surface area contributed by atoms with Crippen molar-refractivity contribution in [2.45, 2.75) is 31.8 Å². The van der Waals surface area contributed by atoms with Crippen molar-refractivity contribution in [1.82, 2.24) is 5.32 Å². The minimum atomic E-state index is 0.303. The second-order valence-corrected chi connectivity index (χ2v) is 6.34. The van der Waals surface area contributed by atoms with Gasteiger partial charge in [-0.05, 0) is 61.6 Å². The van der Waals surface area contributed by atoms with Gasteiger partial charge in [0.1, 0.15) is 0 Å². The van der Waals surface area contributed by atoms with E-state index in [1.54, 1.807) is 7.11 Å². The summed E-state index contributed by atoms with van der Waals surface area (Å²) in [5.41, 5.74) is 2.88. The predicted octanol–water partition coefficient (Wildman–Crippen LogP) is 5.01. The summed E-state index contributed by atoms with van der Waals surface area (Å²) in [5.74, 6) is 2.31. The van der Waals surface area contributed by atoms with Crippen molar-refractivity contribution in [3.8, 4) is 11.5 Å². The maximum Gasteiger partial charge on any atom is 0.162 e. The molecule has 4 rings (SSSR count). The SMILES string of the molecule is COc1ccc(C=CC2=Nc3ccccc3[N]2)cc1OC1CCCC1. The summed E-state index contributed by atoms with van der Waals surface area (Å²) in [4.78, 5) is 4.51. The van der Waals surface area contributed by atoms with E-state index in [0.717, 1.165) is 47.1 Å². The second kappa shape index (κ2) is 7.01. The first kappa shape index (κ1) is 15.8. The van der Waals surface area contributed by atoms with Crippen LogP contribution in [0.1, 0.15) is 31.2 Å². The molecule has 2 aliphatic rings. The summed E-state index contributed by atoms with van der Waals surface area (Å²) >= 11 is 0. The van der Waals surface area contributed by atoms with E-state index in [-0.39, 0.29) is 0 Å². The van der Waals surface area contributed by atoms with Gasteiger partial charge in [-0.3, -0.25) is 0 Å². The van der Waals surface area contributed by atoms with Crippen molar-refractivity contribution in [2.24, 2.45) is 4.99 Å². The number of methoxy groups -OCH3 is 1. The predicted molar refractivity (Wildman–Crippen MR) is 100 cm³/mol. The molecule has 0 amide bonds. The van der Waals surface area contributed by atoms with E-state index in [1.807, 2.05) is 54.6 Å². The molecule has 0 atom stereocenters. The molecule has 0 spiro atoms. The van der Waals surface area contributed by atoms with Gasteiger partial charge in [-0.25, -0.2) is 10.3 Å². The van der Waals surface area contributed by atoms with Crippen LogP contribution in [0.2, 0.25) is 0 Å². The van der Waals surface area contributed by atoms with E-state index >= 15 is 0 Å². The number of benzene rings is 2. The lowest BCUT2D eigenvalue weighted by Crippen LogP contribution is -2.11. The van der Waals surface area contributed by atoms with Crippen LogP contribution in [0.5, 0.6) is 11.5 Å². The van der Waals surface area contributed by atoms with Crippen LogP contribution in [0.15, 0.2) is 53.5 Å². The highest BCUT2D eigenvalue weighted by Crippen LogP contribution is 2.33. The Kier molecular flexibility index (Phi) is 4.42. The molecule has 0 saturated heterocycles. The molecule has 0 aromatic heterocycles. The summed E-state index contributed by atoms with van der Waals surface area (Å²) in [5, 5.41) is 4.51. The second-order valence-electron chi connectivity index (χ2n) is 6.34. The van der Waals surface area contributed by atoms with Gasteiger partial charge in [-0.1, -0.05) is 24.3 Å². The van der Waals surface area contributed by atoms with Crippen molar-refractivity contribution in [3.05, 3.63) is 54.1 Å². The Morgan fingerprint density at radius 1 is 0.960 bits per heavy atom. The Labute approximate surface area is 148 Å². The fraction of sp³-hybridized carbons (Fsp3) is 0.286. The smallest absolute Gasteiger partial charge is 0.162 e. The molecule has 1 aliphatic carbocycles. The molecule has 4 nitrogen and oxygen atoms in total. The van der Waals surface area contributed by atoms with Gasteiger partial charge in [0.2, 0.25) is 0 Å². The van der Waals surface area contributed by atoms with Gasteiger partial charge >= 0.3 is 0 Å². The van der Waals surface area contributed by atoms with Crippen LogP contribution < -0.4 is 14.8 Å². The molecule has 1 radical (unpaired) electrons. The maximum absolute atomic E-state index is 6.15. The van der Waals surface area contributed by atoms with Gasteiger partial charge in [0.25, 0.3) is 0 Å². The van der Waals surface area contributed by atoms with Crippen molar-refractivity contribution >= 4 is 23.3 Å². The molecule has 25 heavy (non-hydrogen) atoms. The molecule has 0 bridgehead atoms. The minimum Gasteiger partial charge on any atom is -0.493 e. The fourth-order valence-electron chi connectivity index (χ4n) is 3.25. The van der Waals surface area contributed by atoms with Gasteiger partial charge in [0, 0.05) is 0 Å². The number of amidine groups is 1. The number of aliphatic imine (C=N–C) groups is 1. The number of ether oxygens (including phenoxy) is 2. The molecule has 1 aliphatic heterocycles. The van der Waals surface area contributed by atoms with Crippen molar-refractivity contribution in [1.29, 1.82) is 0 Å². The summed E-state index contributed by atoms with van der Waals surface area (Å²) in [7, 11) is 1.68. The summed E-state index contributed by atoms with van der Waals surface area (Å²) < 4.78 is 11.6. The third kappa shape index (κ3) is 3.53. The molecular weight excluding hydrogens is 312 g/mol. The number of fused-ring (bicyclic) bond motifs is 1.